The van der Waals surface area contributed by atoms with Gasteiger partial charge in [-0.3, -0.25) is 0 Å². The molecule has 1 unspecified atom stereocenters. The molecule has 5 heteroatoms. The van der Waals surface area contributed by atoms with Gasteiger partial charge in [-0.1, -0.05) is 25.5 Å². The van der Waals surface area contributed by atoms with Crippen LogP contribution in [0.4, 0.5) is 5.95 Å². The minimum atomic E-state index is 0.290. The summed E-state index contributed by atoms with van der Waals surface area (Å²) in [5, 5.41) is 10.1. The Labute approximate surface area is 122 Å². The van der Waals surface area contributed by atoms with Gasteiger partial charge in [-0.25, -0.2) is 4.52 Å². The van der Waals surface area contributed by atoms with Crippen LogP contribution in [-0.2, 0) is 0 Å². The number of hydrogen-bond donors (Lipinski definition) is 1. The van der Waals surface area contributed by atoms with Gasteiger partial charge in [0.15, 0.2) is 5.65 Å². The van der Waals surface area contributed by atoms with E-state index in [9.17, 15) is 0 Å². The number of anilines is 1. The molecule has 0 saturated carbocycles. The van der Waals surface area contributed by atoms with E-state index in [0.717, 1.165) is 18.5 Å². The lowest BCUT2D eigenvalue weighted by atomic mass is 10.1. The Hall–Kier alpha value is -1.88. The van der Waals surface area contributed by atoms with Crippen molar-refractivity contribution in [1.29, 1.82) is 0 Å². The van der Waals surface area contributed by atoms with Crippen molar-refractivity contribution in [2.45, 2.75) is 32.7 Å². The third-order valence-electron chi connectivity index (χ3n) is 3.25. The number of aryl methyl sites for hydroxylation is 1. The summed E-state index contributed by atoms with van der Waals surface area (Å²) in [7, 11) is 0. The van der Waals surface area contributed by atoms with Crippen LogP contribution in [0.25, 0.3) is 5.65 Å². The maximum atomic E-state index is 4.53. The van der Waals surface area contributed by atoms with E-state index in [1.54, 1.807) is 11.3 Å². The number of rotatable bonds is 5. The fourth-order valence-electron chi connectivity index (χ4n) is 2.27. The lowest BCUT2D eigenvalue weighted by Gasteiger charge is -2.14. The Morgan fingerprint density at radius 3 is 3.00 bits per heavy atom. The SMILES string of the molecule is CCCC(Nc1nc2ccc(C)cn2n1)c1cccs1. The zero-order valence-electron chi connectivity index (χ0n) is 11.7. The summed E-state index contributed by atoms with van der Waals surface area (Å²) >= 11 is 1.77. The van der Waals surface area contributed by atoms with Crippen molar-refractivity contribution in [3.05, 3.63) is 46.3 Å². The normalized spacial score (nSPS) is 12.7. The Morgan fingerprint density at radius 1 is 1.35 bits per heavy atom. The van der Waals surface area contributed by atoms with E-state index in [4.69, 9.17) is 0 Å². The molecule has 0 radical (unpaired) electrons. The molecule has 20 heavy (non-hydrogen) atoms. The molecule has 0 spiro atoms. The van der Waals surface area contributed by atoms with Gasteiger partial charge < -0.3 is 5.32 Å². The Balaban J connectivity index is 1.86. The van der Waals surface area contributed by atoms with Gasteiger partial charge >= 0.3 is 0 Å². The zero-order valence-corrected chi connectivity index (χ0v) is 12.5. The van der Waals surface area contributed by atoms with Crippen LogP contribution in [0.3, 0.4) is 0 Å². The third-order valence-corrected chi connectivity index (χ3v) is 4.23. The Bertz CT molecular complexity index is 687. The summed E-state index contributed by atoms with van der Waals surface area (Å²) < 4.78 is 1.83. The van der Waals surface area contributed by atoms with Gasteiger partial charge in [-0.2, -0.15) is 4.98 Å². The molecule has 1 N–H and O–H groups in total. The van der Waals surface area contributed by atoms with E-state index < -0.39 is 0 Å². The molecular weight excluding hydrogens is 268 g/mol. The molecule has 3 aromatic heterocycles. The number of nitrogens with zero attached hydrogens (tertiary/aromatic N) is 3. The van der Waals surface area contributed by atoms with Crippen molar-refractivity contribution in [2.24, 2.45) is 0 Å². The second-order valence-electron chi connectivity index (χ2n) is 4.95. The van der Waals surface area contributed by atoms with E-state index in [0.29, 0.717) is 12.0 Å². The average molecular weight is 286 g/mol. The highest BCUT2D eigenvalue weighted by Crippen LogP contribution is 2.26. The molecule has 0 saturated heterocycles. The van der Waals surface area contributed by atoms with Crippen LogP contribution in [0.1, 0.15) is 36.2 Å². The summed E-state index contributed by atoms with van der Waals surface area (Å²) in [5.41, 5.74) is 2.05. The molecule has 0 amide bonds. The van der Waals surface area contributed by atoms with Crippen molar-refractivity contribution in [3.63, 3.8) is 0 Å². The molecule has 0 aromatic carbocycles. The number of nitrogens with one attached hydrogen (secondary N) is 1. The van der Waals surface area contributed by atoms with Crippen LogP contribution in [0.5, 0.6) is 0 Å². The van der Waals surface area contributed by atoms with Crippen molar-refractivity contribution in [3.8, 4) is 0 Å². The molecule has 3 heterocycles. The molecule has 0 aliphatic carbocycles. The first-order valence-corrected chi connectivity index (χ1v) is 7.77. The molecule has 0 bridgehead atoms. The van der Waals surface area contributed by atoms with Gasteiger partial charge in [-0.15, -0.1) is 16.4 Å². The van der Waals surface area contributed by atoms with Gasteiger partial charge in [0.25, 0.3) is 0 Å². The minimum absolute atomic E-state index is 0.290. The first-order chi connectivity index (χ1) is 9.76. The lowest BCUT2D eigenvalue weighted by molar-refractivity contribution is 0.680. The summed E-state index contributed by atoms with van der Waals surface area (Å²) in [6.45, 7) is 4.25. The minimum Gasteiger partial charge on any atom is -0.345 e. The highest BCUT2D eigenvalue weighted by atomic mass is 32.1. The molecule has 3 rings (SSSR count). The first-order valence-electron chi connectivity index (χ1n) is 6.89. The molecule has 0 aliphatic rings. The van der Waals surface area contributed by atoms with Crippen LogP contribution in [0, 0.1) is 6.92 Å². The van der Waals surface area contributed by atoms with Crippen molar-refractivity contribution in [2.75, 3.05) is 5.32 Å². The summed E-state index contributed by atoms with van der Waals surface area (Å²) in [5.74, 6) is 0.697. The second-order valence-corrected chi connectivity index (χ2v) is 5.92. The quantitative estimate of drug-likeness (QED) is 0.769. The highest BCUT2D eigenvalue weighted by molar-refractivity contribution is 7.10. The standard InChI is InChI=1S/C15H18N4S/c1-3-5-12(13-6-4-9-20-13)16-15-17-14-8-7-11(2)10-19(14)18-15/h4,6-10,12H,3,5H2,1-2H3,(H,16,18). The van der Waals surface area contributed by atoms with Crippen molar-refractivity contribution < 1.29 is 0 Å². The molecular formula is C15H18N4S. The molecule has 4 nitrogen and oxygen atoms in total. The van der Waals surface area contributed by atoms with Gasteiger partial charge in [0.2, 0.25) is 5.95 Å². The van der Waals surface area contributed by atoms with E-state index in [-0.39, 0.29) is 0 Å². The number of thiophene rings is 1. The second kappa shape index (κ2) is 5.63. The van der Waals surface area contributed by atoms with Crippen LogP contribution in [-0.4, -0.2) is 14.6 Å². The number of fused-ring (bicyclic) bond motifs is 1. The highest BCUT2D eigenvalue weighted by Gasteiger charge is 2.14. The maximum Gasteiger partial charge on any atom is 0.243 e. The topological polar surface area (TPSA) is 42.2 Å². The van der Waals surface area contributed by atoms with Crippen LogP contribution in [0.2, 0.25) is 0 Å². The third kappa shape index (κ3) is 2.67. The van der Waals surface area contributed by atoms with Gasteiger partial charge in [0.05, 0.1) is 6.04 Å². The van der Waals surface area contributed by atoms with Crippen molar-refractivity contribution >= 4 is 22.9 Å². The predicted octanol–water partition coefficient (Wildman–Crippen LogP) is 4.05. The average Bonchev–Trinajstić information content (AvgIpc) is 3.06. The molecule has 1 atom stereocenters. The molecule has 3 aromatic rings. The summed E-state index contributed by atoms with van der Waals surface area (Å²) in [6.07, 6.45) is 4.20. The fraction of sp³-hybridized carbons (Fsp3) is 0.333. The fourth-order valence-corrected chi connectivity index (χ4v) is 3.08. The Morgan fingerprint density at radius 2 is 2.25 bits per heavy atom. The summed E-state index contributed by atoms with van der Waals surface area (Å²) in [4.78, 5) is 5.87. The maximum absolute atomic E-state index is 4.53. The van der Waals surface area contributed by atoms with Crippen LogP contribution >= 0.6 is 11.3 Å². The van der Waals surface area contributed by atoms with Gasteiger partial charge in [-0.05, 0) is 36.4 Å². The van der Waals surface area contributed by atoms with E-state index >= 15 is 0 Å². The van der Waals surface area contributed by atoms with Crippen molar-refractivity contribution in [1.82, 2.24) is 14.6 Å². The van der Waals surface area contributed by atoms with Crippen LogP contribution in [0.15, 0.2) is 35.8 Å². The van der Waals surface area contributed by atoms with Gasteiger partial charge in [0, 0.05) is 11.1 Å². The molecule has 0 aliphatic heterocycles. The summed E-state index contributed by atoms with van der Waals surface area (Å²) in [6, 6.07) is 8.59. The predicted molar refractivity (Wildman–Crippen MR) is 83.3 cm³/mol. The number of pyridine rings is 1. The van der Waals surface area contributed by atoms with E-state index in [1.165, 1.54) is 10.4 Å². The largest absolute Gasteiger partial charge is 0.345 e. The molecule has 104 valence electrons. The van der Waals surface area contributed by atoms with Crippen LogP contribution < -0.4 is 5.32 Å². The lowest BCUT2D eigenvalue weighted by Crippen LogP contribution is -2.10. The number of hydrogen-bond acceptors (Lipinski definition) is 4. The first kappa shape index (κ1) is 13.1. The number of aromatic nitrogens is 3. The van der Waals surface area contributed by atoms with E-state index in [1.807, 2.05) is 16.8 Å². The Kier molecular flexibility index (Phi) is 3.69. The zero-order chi connectivity index (χ0) is 13.9. The van der Waals surface area contributed by atoms with E-state index in [2.05, 4.69) is 52.8 Å². The smallest absolute Gasteiger partial charge is 0.243 e. The van der Waals surface area contributed by atoms with Gasteiger partial charge in [0.1, 0.15) is 0 Å². The molecule has 0 fully saturated rings. The monoisotopic (exact) mass is 286 g/mol.